The van der Waals surface area contributed by atoms with Gasteiger partial charge in [0.05, 0.1) is 7.98 Å². The second-order valence-corrected chi connectivity index (χ2v) is 8.62. The molecule has 0 spiro atoms. The third kappa shape index (κ3) is 7.98. The lowest BCUT2D eigenvalue weighted by molar-refractivity contribution is -0.137. The third-order valence-electron chi connectivity index (χ3n) is 5.51. The number of unbranched alkanes of at least 4 members (excludes halogenated alkanes) is 2. The van der Waals surface area contributed by atoms with E-state index in [-0.39, 0.29) is 18.9 Å². The van der Waals surface area contributed by atoms with Crippen LogP contribution in [0.4, 0.5) is 0 Å². The number of carboxylic acid groups (broad SMARTS) is 1. The van der Waals surface area contributed by atoms with Crippen LogP contribution in [-0.2, 0) is 11.3 Å². The summed E-state index contributed by atoms with van der Waals surface area (Å²) >= 11 is 0. The van der Waals surface area contributed by atoms with Gasteiger partial charge in [0.15, 0.2) is 0 Å². The van der Waals surface area contributed by atoms with Crippen LogP contribution in [0.5, 0.6) is 5.75 Å². The Bertz CT molecular complexity index is 1040. The number of benzene rings is 2. The molecule has 1 saturated carbocycles. The van der Waals surface area contributed by atoms with E-state index in [0.717, 1.165) is 24.0 Å². The van der Waals surface area contributed by atoms with Gasteiger partial charge in [-0.05, 0) is 76.3 Å². The van der Waals surface area contributed by atoms with Gasteiger partial charge >= 0.3 is 5.97 Å². The molecule has 0 radical (unpaired) electrons. The van der Waals surface area contributed by atoms with Crippen molar-refractivity contribution in [2.45, 2.75) is 64.9 Å². The maximum atomic E-state index is 13.4. The Balaban J connectivity index is 1.66. The molecule has 0 atom stereocenters. The number of carbonyl (C=O) groups excluding carboxylic acids is 1. The van der Waals surface area contributed by atoms with Gasteiger partial charge in [-0.2, -0.15) is 0 Å². The van der Waals surface area contributed by atoms with E-state index in [1.54, 1.807) is 26.0 Å². The van der Waals surface area contributed by atoms with Crippen LogP contribution in [0.25, 0.3) is 0 Å². The predicted octanol–water partition coefficient (Wildman–Crippen LogP) is 5.52. The summed E-state index contributed by atoms with van der Waals surface area (Å²) in [4.78, 5) is 25.5. The third-order valence-corrected chi connectivity index (χ3v) is 5.51. The molecule has 1 fully saturated rings. The maximum Gasteiger partial charge on any atom is 0.303 e. The average molecular weight is 449 g/mol. The summed E-state index contributed by atoms with van der Waals surface area (Å²) in [6.07, 6.45) is 4.67. The Morgan fingerprint density at radius 1 is 1.12 bits per heavy atom. The van der Waals surface area contributed by atoms with Gasteiger partial charge in [-0.15, -0.1) is 0 Å². The minimum Gasteiger partial charge on any atom is -0.493 e. The second kappa shape index (κ2) is 12.1. The van der Waals surface area contributed by atoms with Gasteiger partial charge in [0.2, 0.25) is 0 Å². The van der Waals surface area contributed by atoms with Crippen molar-refractivity contribution in [1.29, 1.82) is 0 Å². The van der Waals surface area contributed by atoms with Crippen LogP contribution >= 0.6 is 0 Å². The molecule has 174 valence electrons. The fourth-order valence-electron chi connectivity index (χ4n) is 3.38. The van der Waals surface area contributed by atoms with E-state index in [9.17, 15) is 9.59 Å². The number of amides is 1. The number of nitrogens with zero attached hydrogens (tertiary/aromatic N) is 1. The van der Waals surface area contributed by atoms with Crippen molar-refractivity contribution in [3.63, 3.8) is 0 Å². The largest absolute Gasteiger partial charge is 0.493 e. The molecule has 0 unspecified atom stereocenters. The summed E-state index contributed by atoms with van der Waals surface area (Å²) in [5.74, 6) is 6.58. The lowest BCUT2D eigenvalue weighted by Crippen LogP contribution is -2.36. The number of carboxylic acids is 1. The fraction of sp³-hybridized carbons (Fsp3) is 0.429. The zero-order valence-electron chi connectivity index (χ0n) is 20.5. The highest BCUT2D eigenvalue weighted by atomic mass is 16.5. The van der Waals surface area contributed by atoms with E-state index < -0.39 is 12.0 Å². The highest BCUT2D eigenvalue weighted by Crippen LogP contribution is 2.27. The van der Waals surface area contributed by atoms with Crippen molar-refractivity contribution in [3.8, 4) is 17.6 Å². The van der Waals surface area contributed by atoms with Gasteiger partial charge in [-0.3, -0.25) is 9.59 Å². The molecule has 5 nitrogen and oxygen atoms in total. The van der Waals surface area contributed by atoms with Crippen molar-refractivity contribution in [2.75, 3.05) is 6.61 Å². The Morgan fingerprint density at radius 3 is 2.52 bits per heavy atom. The lowest BCUT2D eigenvalue weighted by Gasteiger charge is -2.28. The minimum absolute atomic E-state index is 0.167. The molecule has 1 aliphatic rings. The van der Waals surface area contributed by atoms with Crippen molar-refractivity contribution in [2.24, 2.45) is 5.92 Å². The highest BCUT2D eigenvalue weighted by molar-refractivity contribution is 5.94. The topological polar surface area (TPSA) is 66.8 Å². The van der Waals surface area contributed by atoms with Gasteiger partial charge in [-0.25, -0.2) is 0 Å². The molecule has 0 heterocycles. The lowest BCUT2D eigenvalue weighted by atomic mass is 10.1. The van der Waals surface area contributed by atoms with Crippen LogP contribution < -0.4 is 4.74 Å². The van der Waals surface area contributed by atoms with Crippen molar-refractivity contribution in [1.82, 2.24) is 4.90 Å². The summed E-state index contributed by atoms with van der Waals surface area (Å²) in [5.41, 5.74) is 2.24. The predicted molar refractivity (Wildman–Crippen MR) is 129 cm³/mol. The van der Waals surface area contributed by atoms with Gasteiger partial charge in [0.1, 0.15) is 5.75 Å². The van der Waals surface area contributed by atoms with E-state index in [0.29, 0.717) is 30.3 Å². The first kappa shape index (κ1) is 22.9. The molecule has 1 N–H and O–H groups in total. The Labute approximate surface area is 198 Å². The zero-order valence-corrected chi connectivity index (χ0v) is 19.5. The fourth-order valence-corrected chi connectivity index (χ4v) is 3.38. The van der Waals surface area contributed by atoms with Crippen molar-refractivity contribution < 1.29 is 20.8 Å². The van der Waals surface area contributed by atoms with E-state index in [1.165, 1.54) is 17.7 Å². The van der Waals surface area contributed by atoms with Crippen molar-refractivity contribution in [3.05, 3.63) is 65.2 Å². The molecule has 0 aromatic heterocycles. The molecule has 0 saturated heterocycles. The molecule has 2 aromatic rings. The highest BCUT2D eigenvalue weighted by Gasteiger charge is 2.21. The first-order chi connectivity index (χ1) is 16.2. The van der Waals surface area contributed by atoms with Crippen LogP contribution in [0.15, 0.2) is 48.5 Å². The summed E-state index contributed by atoms with van der Waals surface area (Å²) in [6.45, 7) is 4.12. The van der Waals surface area contributed by atoms with Crippen LogP contribution in [0.2, 0.25) is 0 Å². The summed E-state index contributed by atoms with van der Waals surface area (Å²) in [7, 11) is 0. The molecular weight excluding hydrogens is 414 g/mol. The van der Waals surface area contributed by atoms with Gasteiger partial charge < -0.3 is 14.7 Å². The van der Waals surface area contributed by atoms with E-state index in [2.05, 4.69) is 11.8 Å². The maximum absolute atomic E-state index is 13.4. The summed E-state index contributed by atoms with van der Waals surface area (Å²) < 4.78 is 14.5. The molecule has 0 aliphatic heterocycles. The number of carbonyl (C=O) groups is 2. The number of ether oxygens (including phenoxy) is 1. The first-order valence-corrected chi connectivity index (χ1v) is 11.6. The standard InChI is InChI=1S/C28H33NO4/c1-21(2)29(28(32)24-17-15-23(16-18-24)14-13-22-11-12-22)20-25-8-5-6-9-26(25)33-19-7-3-4-10-27(30)31/h5-6,8-9,15-18,21-22H,3-4,7,10-12,19-20H2,1-2H3,(H,30,31)/i21D. The number of aliphatic carboxylic acids is 1. The molecule has 1 amide bonds. The zero-order chi connectivity index (χ0) is 24.6. The Kier molecular flexibility index (Phi) is 8.41. The van der Waals surface area contributed by atoms with Crippen LogP contribution in [0.1, 0.15) is 75.2 Å². The smallest absolute Gasteiger partial charge is 0.303 e. The van der Waals surface area contributed by atoms with E-state index in [1.807, 2.05) is 36.4 Å². The van der Waals surface area contributed by atoms with Gasteiger partial charge in [0.25, 0.3) is 5.91 Å². The number of hydrogen-bond donors (Lipinski definition) is 1. The van der Waals surface area contributed by atoms with E-state index in [4.69, 9.17) is 11.2 Å². The monoisotopic (exact) mass is 448 g/mol. The quantitative estimate of drug-likeness (QED) is 0.363. The molecule has 33 heavy (non-hydrogen) atoms. The summed E-state index contributed by atoms with van der Waals surface area (Å²) in [5, 5.41) is 8.74. The van der Waals surface area contributed by atoms with Gasteiger partial charge in [0, 0.05) is 41.6 Å². The van der Waals surface area contributed by atoms with E-state index >= 15 is 0 Å². The molecule has 3 rings (SSSR count). The first-order valence-electron chi connectivity index (χ1n) is 12.1. The second-order valence-electron chi connectivity index (χ2n) is 8.62. The number of hydrogen-bond acceptors (Lipinski definition) is 3. The van der Waals surface area contributed by atoms with Gasteiger partial charge in [-0.1, -0.05) is 30.0 Å². The van der Waals surface area contributed by atoms with Crippen LogP contribution in [0, 0.1) is 17.8 Å². The van der Waals surface area contributed by atoms with Crippen LogP contribution in [0.3, 0.4) is 0 Å². The Morgan fingerprint density at radius 2 is 1.85 bits per heavy atom. The molecular formula is C28H33NO4. The van der Waals surface area contributed by atoms with Crippen molar-refractivity contribution >= 4 is 11.9 Å². The molecule has 5 heteroatoms. The average Bonchev–Trinajstić information content (AvgIpc) is 3.63. The van der Waals surface area contributed by atoms with Crippen LogP contribution in [-0.4, -0.2) is 34.5 Å². The molecule has 1 aliphatic carbocycles. The number of para-hydroxylation sites is 1. The summed E-state index contributed by atoms with van der Waals surface area (Å²) in [6, 6.07) is 13.7. The SMILES string of the molecule is [2H]C(C)(C)N(Cc1ccccc1OCCCCCC(=O)O)C(=O)c1ccc(C#CC2CC2)cc1. The molecule has 0 bridgehead atoms. The minimum atomic E-state index is -1.13. The normalized spacial score (nSPS) is 13.5. The number of rotatable bonds is 11. The molecule has 2 aromatic carbocycles. The Hall–Kier alpha value is -3.26.